The molecule has 1 aliphatic heterocycles. The Balaban J connectivity index is 1.53. The Bertz CT molecular complexity index is 1320. The van der Waals surface area contributed by atoms with E-state index in [1.807, 2.05) is 48.5 Å². The zero-order chi connectivity index (χ0) is 21.6. The summed E-state index contributed by atoms with van der Waals surface area (Å²) in [6, 6.07) is 24.3. The van der Waals surface area contributed by atoms with Gasteiger partial charge in [-0.25, -0.2) is 0 Å². The minimum atomic E-state index is -1.93. The predicted octanol–water partition coefficient (Wildman–Crippen LogP) is 4.75. The summed E-state index contributed by atoms with van der Waals surface area (Å²) in [5.41, 5.74) is 0.0978. The van der Waals surface area contributed by atoms with Crippen molar-refractivity contribution in [3.63, 3.8) is 0 Å². The number of benzene rings is 3. The molecule has 0 fully saturated rings. The summed E-state index contributed by atoms with van der Waals surface area (Å²) in [7, 11) is 0. The van der Waals surface area contributed by atoms with Crippen molar-refractivity contribution in [3.8, 4) is 0 Å². The predicted molar refractivity (Wildman–Crippen MR) is 118 cm³/mol. The van der Waals surface area contributed by atoms with Crippen LogP contribution in [0, 0.1) is 6.92 Å². The highest BCUT2D eigenvalue weighted by molar-refractivity contribution is 6.10. The van der Waals surface area contributed by atoms with Crippen molar-refractivity contribution >= 4 is 28.2 Å². The van der Waals surface area contributed by atoms with Gasteiger partial charge in [0.2, 0.25) is 5.78 Å². The average Bonchev–Trinajstić information content (AvgIpc) is 3.30. The van der Waals surface area contributed by atoms with E-state index in [0.717, 1.165) is 16.3 Å². The number of ketones is 1. The molecule has 1 aliphatic rings. The molecule has 4 aromatic rings. The fourth-order valence-corrected chi connectivity index (χ4v) is 4.34. The van der Waals surface area contributed by atoms with Crippen LogP contribution in [0.3, 0.4) is 0 Å². The summed E-state index contributed by atoms with van der Waals surface area (Å²) >= 11 is 0. The molecule has 5 rings (SSSR count). The van der Waals surface area contributed by atoms with Gasteiger partial charge >= 0.3 is 0 Å². The molecule has 0 unspecified atom stereocenters. The topological polar surface area (TPSA) is 70.8 Å². The third kappa shape index (κ3) is 3.14. The second-order valence-corrected chi connectivity index (χ2v) is 7.92. The number of aryl methyl sites for hydroxylation is 1. The summed E-state index contributed by atoms with van der Waals surface area (Å²) in [4.78, 5) is 27.8. The molecule has 5 heteroatoms. The number of Topliss-reactive ketones (excluding diaryl/α,β-unsaturated/α-hetero) is 1. The van der Waals surface area contributed by atoms with Crippen molar-refractivity contribution < 1.29 is 19.1 Å². The van der Waals surface area contributed by atoms with Gasteiger partial charge in [0.1, 0.15) is 5.76 Å². The zero-order valence-corrected chi connectivity index (χ0v) is 17.0. The number of carbonyl (C=O) groups is 2. The summed E-state index contributed by atoms with van der Waals surface area (Å²) in [6.45, 7) is 2.04. The number of fused-ring (bicyclic) bond motifs is 2. The first-order valence-electron chi connectivity index (χ1n) is 10.2. The quantitative estimate of drug-likeness (QED) is 0.481. The van der Waals surface area contributed by atoms with Crippen LogP contribution in [-0.2, 0) is 16.9 Å². The Labute approximate surface area is 179 Å². The van der Waals surface area contributed by atoms with Gasteiger partial charge in [-0.2, -0.15) is 0 Å². The number of rotatable bonds is 5. The summed E-state index contributed by atoms with van der Waals surface area (Å²) < 4.78 is 5.41. The first-order chi connectivity index (χ1) is 15.0. The number of furan rings is 1. The summed E-state index contributed by atoms with van der Waals surface area (Å²) in [5.74, 6) is -0.168. The molecule has 0 saturated carbocycles. The fourth-order valence-electron chi connectivity index (χ4n) is 4.34. The molecule has 0 saturated heterocycles. The van der Waals surface area contributed by atoms with Gasteiger partial charge in [-0.05, 0) is 41.5 Å². The van der Waals surface area contributed by atoms with Crippen LogP contribution in [0.25, 0.3) is 10.8 Å². The van der Waals surface area contributed by atoms with Crippen molar-refractivity contribution in [2.45, 2.75) is 25.5 Å². The largest absolute Gasteiger partial charge is 0.458 e. The van der Waals surface area contributed by atoms with Gasteiger partial charge in [-0.3, -0.25) is 9.59 Å². The normalized spacial score (nSPS) is 17.9. The van der Waals surface area contributed by atoms with Crippen molar-refractivity contribution in [1.82, 2.24) is 0 Å². The van der Waals surface area contributed by atoms with E-state index < -0.39 is 17.3 Å². The lowest BCUT2D eigenvalue weighted by Gasteiger charge is -2.23. The van der Waals surface area contributed by atoms with E-state index in [-0.39, 0.29) is 12.2 Å². The van der Waals surface area contributed by atoms with Gasteiger partial charge in [0, 0.05) is 5.56 Å². The Hall–Kier alpha value is -3.70. The standard InChI is InChI=1S/C26H21NO4/c1-17-13-14-24(31-17)23(28)15-26(30)21-11-4-5-12-22(21)27(25(26)29)16-19-9-6-8-18-7-2-3-10-20(18)19/h2-14,30H,15-16H2,1H3/t26-/m1/s1. The monoisotopic (exact) mass is 411 g/mol. The number of carbonyl (C=O) groups excluding carboxylic acids is 2. The second-order valence-electron chi connectivity index (χ2n) is 7.92. The maximum atomic E-state index is 13.5. The minimum Gasteiger partial charge on any atom is -0.458 e. The molecule has 0 bridgehead atoms. The van der Waals surface area contributed by atoms with E-state index in [2.05, 4.69) is 0 Å². The van der Waals surface area contributed by atoms with Crippen molar-refractivity contribution in [3.05, 3.63) is 102 Å². The molecule has 5 nitrogen and oxygen atoms in total. The third-order valence-corrected chi connectivity index (χ3v) is 5.88. The third-order valence-electron chi connectivity index (χ3n) is 5.88. The minimum absolute atomic E-state index is 0.142. The lowest BCUT2D eigenvalue weighted by atomic mass is 9.89. The number of hydrogen-bond donors (Lipinski definition) is 1. The smallest absolute Gasteiger partial charge is 0.264 e. The summed E-state index contributed by atoms with van der Waals surface area (Å²) in [6.07, 6.45) is -0.373. The van der Waals surface area contributed by atoms with Crippen LogP contribution in [0.4, 0.5) is 5.69 Å². The van der Waals surface area contributed by atoms with E-state index in [9.17, 15) is 14.7 Å². The van der Waals surface area contributed by atoms with E-state index in [0.29, 0.717) is 23.6 Å². The molecule has 31 heavy (non-hydrogen) atoms. The van der Waals surface area contributed by atoms with Crippen LogP contribution in [-0.4, -0.2) is 16.8 Å². The van der Waals surface area contributed by atoms with Crippen LogP contribution in [0.2, 0.25) is 0 Å². The molecule has 3 aromatic carbocycles. The highest BCUT2D eigenvalue weighted by Gasteiger charge is 2.51. The van der Waals surface area contributed by atoms with Crippen LogP contribution < -0.4 is 4.90 Å². The Morgan fingerprint density at radius 1 is 0.968 bits per heavy atom. The van der Waals surface area contributed by atoms with Crippen molar-refractivity contribution in [1.29, 1.82) is 0 Å². The number of anilines is 1. The van der Waals surface area contributed by atoms with Crippen molar-refractivity contribution in [2.75, 3.05) is 4.90 Å². The Morgan fingerprint density at radius 3 is 2.52 bits per heavy atom. The SMILES string of the molecule is Cc1ccc(C(=O)C[C@]2(O)C(=O)N(Cc3cccc4ccccc34)c3ccccc32)o1. The van der Waals surface area contributed by atoms with Gasteiger partial charge in [0.15, 0.2) is 11.4 Å². The Morgan fingerprint density at radius 2 is 1.71 bits per heavy atom. The van der Waals surface area contributed by atoms with Gasteiger partial charge in [-0.1, -0.05) is 60.7 Å². The summed E-state index contributed by atoms with van der Waals surface area (Å²) in [5, 5.41) is 13.6. The van der Waals surface area contributed by atoms with E-state index in [1.54, 1.807) is 42.2 Å². The lowest BCUT2D eigenvalue weighted by Crippen LogP contribution is -2.41. The molecule has 1 N–H and O–H groups in total. The second kappa shape index (κ2) is 7.22. The maximum absolute atomic E-state index is 13.5. The number of aliphatic hydroxyl groups is 1. The first kappa shape index (κ1) is 19.3. The van der Waals surface area contributed by atoms with E-state index >= 15 is 0 Å². The molecular weight excluding hydrogens is 390 g/mol. The first-order valence-corrected chi connectivity index (χ1v) is 10.2. The number of para-hydroxylation sites is 1. The molecule has 0 spiro atoms. The number of amides is 1. The van der Waals surface area contributed by atoms with Crippen LogP contribution in [0.1, 0.15) is 33.9 Å². The van der Waals surface area contributed by atoms with Crippen LogP contribution >= 0.6 is 0 Å². The molecule has 1 amide bonds. The van der Waals surface area contributed by atoms with E-state index in [1.165, 1.54) is 0 Å². The maximum Gasteiger partial charge on any atom is 0.264 e. The number of nitrogens with zero attached hydrogens (tertiary/aromatic N) is 1. The van der Waals surface area contributed by atoms with E-state index in [4.69, 9.17) is 4.42 Å². The lowest BCUT2D eigenvalue weighted by molar-refractivity contribution is -0.136. The molecule has 1 aromatic heterocycles. The van der Waals surface area contributed by atoms with Gasteiger partial charge < -0.3 is 14.4 Å². The fraction of sp³-hybridized carbons (Fsp3) is 0.154. The van der Waals surface area contributed by atoms with Crippen molar-refractivity contribution in [2.24, 2.45) is 0 Å². The zero-order valence-electron chi connectivity index (χ0n) is 17.0. The molecule has 2 heterocycles. The molecule has 0 radical (unpaired) electrons. The molecular formula is C26H21NO4. The van der Waals surface area contributed by atoms with Gasteiger partial charge in [0.25, 0.3) is 5.91 Å². The van der Waals surface area contributed by atoms with Crippen LogP contribution in [0.15, 0.2) is 83.3 Å². The molecule has 0 aliphatic carbocycles. The molecule has 154 valence electrons. The highest BCUT2D eigenvalue weighted by atomic mass is 16.3. The van der Waals surface area contributed by atoms with Gasteiger partial charge in [0.05, 0.1) is 18.7 Å². The van der Waals surface area contributed by atoms with Crippen LogP contribution in [0.5, 0.6) is 0 Å². The molecule has 1 atom stereocenters. The van der Waals surface area contributed by atoms with Gasteiger partial charge in [-0.15, -0.1) is 0 Å². The number of hydrogen-bond acceptors (Lipinski definition) is 4. The highest BCUT2D eigenvalue weighted by Crippen LogP contribution is 2.44. The average molecular weight is 411 g/mol. The Kier molecular flexibility index (Phi) is 4.49.